The van der Waals surface area contributed by atoms with Crippen LogP contribution in [0.25, 0.3) is 11.5 Å². The highest BCUT2D eigenvalue weighted by Gasteiger charge is 2.45. The van der Waals surface area contributed by atoms with Crippen LogP contribution in [0.15, 0.2) is 52.9 Å². The maximum absolute atomic E-state index is 14.4. The van der Waals surface area contributed by atoms with Crippen molar-refractivity contribution in [2.24, 2.45) is 0 Å². The summed E-state index contributed by atoms with van der Waals surface area (Å²) in [5.41, 5.74) is 0.155. The average Bonchev–Trinajstić information content (AvgIpc) is 3.38. The molecular weight excluding hydrogens is 383 g/mol. The van der Waals surface area contributed by atoms with Crippen LogP contribution in [0.2, 0.25) is 5.02 Å². The summed E-state index contributed by atoms with van der Waals surface area (Å²) in [6, 6.07) is 13.4. The van der Waals surface area contributed by atoms with Gasteiger partial charge < -0.3 is 9.15 Å². The van der Waals surface area contributed by atoms with Crippen molar-refractivity contribution in [3.8, 4) is 11.5 Å². The molecule has 0 N–H and O–H groups in total. The van der Waals surface area contributed by atoms with Gasteiger partial charge in [0.15, 0.2) is 6.61 Å². The third-order valence-corrected chi connectivity index (χ3v) is 5.37. The molecule has 1 fully saturated rings. The van der Waals surface area contributed by atoms with Crippen LogP contribution < -0.4 is 0 Å². The van der Waals surface area contributed by atoms with Gasteiger partial charge >= 0.3 is 5.97 Å². The molecule has 0 unspecified atom stereocenters. The van der Waals surface area contributed by atoms with E-state index in [-0.39, 0.29) is 18.3 Å². The molecule has 0 radical (unpaired) electrons. The number of nitrogens with zero attached hydrogens (tertiary/aromatic N) is 2. The molecule has 0 spiro atoms. The van der Waals surface area contributed by atoms with Gasteiger partial charge in [0.05, 0.1) is 5.41 Å². The first kappa shape index (κ1) is 18.6. The van der Waals surface area contributed by atoms with E-state index in [4.69, 9.17) is 20.8 Å². The van der Waals surface area contributed by atoms with E-state index in [1.54, 1.807) is 42.5 Å². The monoisotopic (exact) mass is 400 g/mol. The van der Waals surface area contributed by atoms with Crippen molar-refractivity contribution in [3.63, 3.8) is 0 Å². The predicted octanol–water partition coefficient (Wildman–Crippen LogP) is 5.08. The van der Waals surface area contributed by atoms with Crippen molar-refractivity contribution >= 4 is 17.6 Å². The van der Waals surface area contributed by atoms with Crippen LogP contribution in [0.1, 0.15) is 37.1 Å². The lowest BCUT2D eigenvalue weighted by Gasteiger charge is -2.27. The quantitative estimate of drug-likeness (QED) is 0.558. The molecule has 1 heterocycles. The SMILES string of the molecule is O=C(OCc1nnc(-c2ccc(Cl)cc2)o1)C1(c2ccccc2F)CCCC1. The molecule has 2 aromatic carbocycles. The Balaban J connectivity index is 1.49. The fourth-order valence-electron chi connectivity index (χ4n) is 3.70. The molecule has 0 bridgehead atoms. The van der Waals surface area contributed by atoms with Crippen LogP contribution in [-0.4, -0.2) is 16.2 Å². The van der Waals surface area contributed by atoms with Crippen LogP contribution >= 0.6 is 11.6 Å². The number of halogens is 2. The standard InChI is InChI=1S/C21H18ClFN2O3/c22-15-9-7-14(8-10-15)19-25-24-18(28-19)13-27-20(26)21(11-3-4-12-21)16-5-1-2-6-17(16)23/h1-2,5-10H,3-4,11-13H2. The normalized spacial score (nSPS) is 15.5. The summed E-state index contributed by atoms with van der Waals surface area (Å²) in [7, 11) is 0. The van der Waals surface area contributed by atoms with Crippen molar-refractivity contribution in [3.05, 3.63) is 70.8 Å². The molecule has 3 aromatic rings. The van der Waals surface area contributed by atoms with Crippen LogP contribution in [0.4, 0.5) is 4.39 Å². The summed E-state index contributed by atoms with van der Waals surface area (Å²) in [5, 5.41) is 8.50. The first-order chi connectivity index (χ1) is 13.6. The molecule has 1 aromatic heterocycles. The second kappa shape index (κ2) is 7.72. The number of hydrogen-bond acceptors (Lipinski definition) is 5. The first-order valence-electron chi connectivity index (χ1n) is 9.09. The maximum atomic E-state index is 14.4. The second-order valence-electron chi connectivity index (χ2n) is 6.85. The van der Waals surface area contributed by atoms with Crippen molar-refractivity contribution in [1.82, 2.24) is 10.2 Å². The molecule has 1 aliphatic carbocycles. The van der Waals surface area contributed by atoms with Gasteiger partial charge in [-0.25, -0.2) is 4.39 Å². The third-order valence-electron chi connectivity index (χ3n) is 5.12. The number of hydrogen-bond donors (Lipinski definition) is 0. The van der Waals surface area contributed by atoms with Gasteiger partial charge in [-0.05, 0) is 43.2 Å². The summed E-state index contributed by atoms with van der Waals surface area (Å²) in [5.74, 6) is -0.349. The fraction of sp³-hybridized carbons (Fsp3) is 0.286. The van der Waals surface area contributed by atoms with Crippen LogP contribution in [0.3, 0.4) is 0 Å². The highest BCUT2D eigenvalue weighted by molar-refractivity contribution is 6.30. The number of carbonyl (C=O) groups excluding carboxylic acids is 1. The number of ether oxygens (including phenoxy) is 1. The lowest BCUT2D eigenvalue weighted by molar-refractivity contribution is -0.152. The topological polar surface area (TPSA) is 65.2 Å². The van der Waals surface area contributed by atoms with Crippen LogP contribution in [0, 0.1) is 5.82 Å². The zero-order valence-corrected chi connectivity index (χ0v) is 15.8. The average molecular weight is 401 g/mol. The summed E-state index contributed by atoms with van der Waals surface area (Å²) in [6.07, 6.45) is 2.83. The molecule has 0 saturated heterocycles. The minimum atomic E-state index is -0.954. The molecule has 0 atom stereocenters. The molecular formula is C21H18ClFN2O3. The molecule has 28 heavy (non-hydrogen) atoms. The molecule has 0 amide bonds. The largest absolute Gasteiger partial charge is 0.455 e. The Hall–Kier alpha value is -2.73. The minimum Gasteiger partial charge on any atom is -0.455 e. The zero-order chi connectivity index (χ0) is 19.6. The molecule has 7 heteroatoms. The van der Waals surface area contributed by atoms with Crippen LogP contribution in [-0.2, 0) is 21.6 Å². The fourth-order valence-corrected chi connectivity index (χ4v) is 3.82. The lowest BCUT2D eigenvalue weighted by atomic mass is 9.78. The van der Waals surface area contributed by atoms with E-state index in [1.807, 2.05) is 0 Å². The van der Waals surface area contributed by atoms with Gasteiger partial charge in [-0.2, -0.15) is 0 Å². The highest BCUT2D eigenvalue weighted by atomic mass is 35.5. The van der Waals surface area contributed by atoms with Gasteiger partial charge in [-0.15, -0.1) is 10.2 Å². The number of esters is 1. The summed E-state index contributed by atoms with van der Waals surface area (Å²) >= 11 is 5.87. The van der Waals surface area contributed by atoms with E-state index in [2.05, 4.69) is 10.2 Å². The van der Waals surface area contributed by atoms with Gasteiger partial charge in [0.1, 0.15) is 5.82 Å². The molecule has 0 aliphatic heterocycles. The maximum Gasteiger partial charge on any atom is 0.317 e. The van der Waals surface area contributed by atoms with E-state index in [9.17, 15) is 9.18 Å². The smallest absolute Gasteiger partial charge is 0.317 e. The molecule has 1 aliphatic rings. The lowest BCUT2D eigenvalue weighted by Crippen LogP contribution is -2.35. The van der Waals surface area contributed by atoms with E-state index >= 15 is 0 Å². The van der Waals surface area contributed by atoms with Crippen LogP contribution in [0.5, 0.6) is 0 Å². The summed E-state index contributed by atoms with van der Waals surface area (Å²) < 4.78 is 25.4. The molecule has 4 rings (SSSR count). The number of rotatable bonds is 5. The van der Waals surface area contributed by atoms with Crippen molar-refractivity contribution in [2.75, 3.05) is 0 Å². The Morgan fingerprint density at radius 2 is 1.82 bits per heavy atom. The molecule has 5 nitrogen and oxygen atoms in total. The zero-order valence-electron chi connectivity index (χ0n) is 15.0. The highest BCUT2D eigenvalue weighted by Crippen LogP contribution is 2.43. The van der Waals surface area contributed by atoms with Crippen molar-refractivity contribution < 1.29 is 18.3 Å². The van der Waals surface area contributed by atoms with Gasteiger partial charge in [-0.1, -0.05) is 42.6 Å². The van der Waals surface area contributed by atoms with Gasteiger partial charge in [-0.3, -0.25) is 4.79 Å². The van der Waals surface area contributed by atoms with Gasteiger partial charge in [0.2, 0.25) is 5.89 Å². The Bertz CT molecular complexity index is 981. The Kier molecular flexibility index (Phi) is 5.13. The van der Waals surface area contributed by atoms with E-state index in [0.29, 0.717) is 34.9 Å². The minimum absolute atomic E-state index is 0.157. The molecule has 1 saturated carbocycles. The summed E-state index contributed by atoms with van der Waals surface area (Å²) in [6.45, 7) is -0.157. The van der Waals surface area contributed by atoms with E-state index in [0.717, 1.165) is 12.8 Å². The Morgan fingerprint density at radius 1 is 1.11 bits per heavy atom. The third kappa shape index (κ3) is 3.52. The number of benzene rings is 2. The van der Waals surface area contributed by atoms with Gasteiger partial charge in [0.25, 0.3) is 5.89 Å². The molecule has 144 valence electrons. The Labute approximate surface area is 166 Å². The number of carbonyl (C=O) groups is 1. The summed E-state index contributed by atoms with van der Waals surface area (Å²) in [4.78, 5) is 12.9. The van der Waals surface area contributed by atoms with E-state index < -0.39 is 11.4 Å². The first-order valence-corrected chi connectivity index (χ1v) is 9.47. The number of aromatic nitrogens is 2. The van der Waals surface area contributed by atoms with Crippen molar-refractivity contribution in [1.29, 1.82) is 0 Å². The van der Waals surface area contributed by atoms with E-state index in [1.165, 1.54) is 6.07 Å². The Morgan fingerprint density at radius 3 is 2.54 bits per heavy atom. The van der Waals surface area contributed by atoms with Gasteiger partial charge in [0, 0.05) is 16.1 Å². The second-order valence-corrected chi connectivity index (χ2v) is 7.29. The van der Waals surface area contributed by atoms with Crippen molar-refractivity contribution in [2.45, 2.75) is 37.7 Å². The predicted molar refractivity (Wildman–Crippen MR) is 101 cm³/mol.